The number of carbonyl (C=O) groups excluding carboxylic acids is 1. The maximum atomic E-state index is 11.8. The number of ketones is 1. The molecular formula is C15H15NO2. The van der Waals surface area contributed by atoms with E-state index in [0.29, 0.717) is 5.88 Å². The number of methoxy groups -OCH3 is 1. The van der Waals surface area contributed by atoms with E-state index >= 15 is 0 Å². The summed E-state index contributed by atoms with van der Waals surface area (Å²) in [7, 11) is 1.61. The van der Waals surface area contributed by atoms with Gasteiger partial charge in [0.2, 0.25) is 5.88 Å². The number of aromatic nitrogens is 1. The van der Waals surface area contributed by atoms with E-state index in [1.54, 1.807) is 14.0 Å². The Kier molecular flexibility index (Phi) is 2.37. The van der Waals surface area contributed by atoms with Gasteiger partial charge in [0.25, 0.3) is 0 Å². The fourth-order valence-electron chi connectivity index (χ4n) is 2.53. The Labute approximate surface area is 106 Å². The van der Waals surface area contributed by atoms with E-state index in [4.69, 9.17) is 4.74 Å². The fourth-order valence-corrected chi connectivity index (χ4v) is 2.53. The van der Waals surface area contributed by atoms with Crippen LogP contribution in [0.1, 0.15) is 25.3 Å². The lowest BCUT2D eigenvalue weighted by Gasteiger charge is -2.16. The number of ether oxygens (including phenoxy) is 1. The van der Waals surface area contributed by atoms with Gasteiger partial charge in [-0.05, 0) is 31.9 Å². The van der Waals surface area contributed by atoms with Gasteiger partial charge in [-0.1, -0.05) is 18.2 Å². The smallest absolute Gasteiger partial charge is 0.217 e. The minimum atomic E-state index is -0.345. The second kappa shape index (κ2) is 3.80. The Morgan fingerprint density at radius 3 is 2.67 bits per heavy atom. The number of rotatable bonds is 3. The summed E-state index contributed by atoms with van der Waals surface area (Å²) in [5.41, 5.74) is 1.50. The monoisotopic (exact) mass is 241 g/mol. The summed E-state index contributed by atoms with van der Waals surface area (Å²) in [5.74, 6) is 0.791. The Bertz CT molecular complexity index is 629. The Hall–Kier alpha value is -1.90. The first-order valence-corrected chi connectivity index (χ1v) is 6.13. The summed E-state index contributed by atoms with van der Waals surface area (Å²) in [6, 6.07) is 9.95. The van der Waals surface area contributed by atoms with Gasteiger partial charge >= 0.3 is 0 Å². The highest BCUT2D eigenvalue weighted by Gasteiger charge is 2.51. The van der Waals surface area contributed by atoms with Gasteiger partial charge in [-0.3, -0.25) is 4.79 Å². The third kappa shape index (κ3) is 1.50. The number of hydrogen-bond donors (Lipinski definition) is 0. The molecule has 0 unspecified atom stereocenters. The van der Waals surface area contributed by atoms with Crippen LogP contribution in [-0.2, 0) is 10.2 Å². The largest absolute Gasteiger partial charge is 0.481 e. The molecule has 1 aliphatic carbocycles. The highest BCUT2D eigenvalue weighted by Crippen LogP contribution is 2.52. The molecule has 92 valence electrons. The van der Waals surface area contributed by atoms with Crippen molar-refractivity contribution in [1.29, 1.82) is 0 Å². The van der Waals surface area contributed by atoms with Gasteiger partial charge in [0, 0.05) is 10.9 Å². The van der Waals surface area contributed by atoms with E-state index < -0.39 is 0 Å². The fraction of sp³-hybridized carbons (Fsp3) is 0.333. The predicted molar refractivity (Wildman–Crippen MR) is 69.9 cm³/mol. The average molecular weight is 241 g/mol. The molecule has 1 heterocycles. The number of Topliss-reactive ketones (excluding diaryl/α,β-unsaturated/α-hetero) is 1. The van der Waals surface area contributed by atoms with Crippen molar-refractivity contribution in [3.05, 3.63) is 35.9 Å². The normalized spacial score (nSPS) is 16.6. The van der Waals surface area contributed by atoms with Crippen LogP contribution in [0.4, 0.5) is 0 Å². The van der Waals surface area contributed by atoms with Crippen molar-refractivity contribution in [3.8, 4) is 5.88 Å². The maximum Gasteiger partial charge on any atom is 0.217 e. The van der Waals surface area contributed by atoms with Gasteiger partial charge < -0.3 is 4.74 Å². The Balaban J connectivity index is 2.25. The first-order valence-electron chi connectivity index (χ1n) is 6.13. The van der Waals surface area contributed by atoms with Crippen LogP contribution < -0.4 is 4.74 Å². The van der Waals surface area contributed by atoms with Crippen molar-refractivity contribution in [2.75, 3.05) is 7.11 Å². The zero-order chi connectivity index (χ0) is 12.8. The van der Waals surface area contributed by atoms with Crippen molar-refractivity contribution in [2.24, 2.45) is 0 Å². The molecule has 0 spiro atoms. The average Bonchev–Trinajstić information content (AvgIpc) is 3.18. The third-order valence-corrected chi connectivity index (χ3v) is 3.82. The highest BCUT2D eigenvalue weighted by molar-refractivity contribution is 5.93. The molecule has 0 aliphatic heterocycles. The standard InChI is InChI=1S/C15H15NO2/c1-10(17)15(7-8-15)12-9-11-5-3-4-6-13(11)16-14(12)18-2/h3-6,9H,7-8H2,1-2H3. The van der Waals surface area contributed by atoms with E-state index in [9.17, 15) is 4.79 Å². The molecule has 3 rings (SSSR count). The predicted octanol–water partition coefficient (Wildman–Crippen LogP) is 2.86. The minimum absolute atomic E-state index is 0.206. The third-order valence-electron chi connectivity index (χ3n) is 3.82. The molecule has 0 bridgehead atoms. The molecule has 1 aromatic carbocycles. The van der Waals surface area contributed by atoms with Crippen molar-refractivity contribution >= 4 is 16.7 Å². The zero-order valence-electron chi connectivity index (χ0n) is 10.6. The summed E-state index contributed by atoms with van der Waals surface area (Å²) >= 11 is 0. The van der Waals surface area contributed by atoms with Gasteiger partial charge in [0.15, 0.2) is 0 Å². The molecule has 1 aromatic heterocycles. The summed E-state index contributed by atoms with van der Waals surface area (Å²) in [5, 5.41) is 1.06. The van der Waals surface area contributed by atoms with E-state index in [-0.39, 0.29) is 11.2 Å². The Morgan fingerprint density at radius 2 is 2.06 bits per heavy atom. The van der Waals surface area contributed by atoms with Crippen LogP contribution in [0.3, 0.4) is 0 Å². The van der Waals surface area contributed by atoms with Crippen molar-refractivity contribution in [2.45, 2.75) is 25.2 Å². The first-order chi connectivity index (χ1) is 8.67. The molecule has 18 heavy (non-hydrogen) atoms. The maximum absolute atomic E-state index is 11.8. The van der Waals surface area contributed by atoms with Gasteiger partial charge in [-0.15, -0.1) is 0 Å². The number of fused-ring (bicyclic) bond motifs is 1. The molecule has 0 amide bonds. The Morgan fingerprint density at radius 1 is 1.33 bits per heavy atom. The zero-order valence-corrected chi connectivity index (χ0v) is 10.6. The van der Waals surface area contributed by atoms with Gasteiger partial charge in [0.05, 0.1) is 18.0 Å². The first kappa shape index (κ1) is 11.2. The van der Waals surface area contributed by atoms with Crippen LogP contribution in [0.5, 0.6) is 5.88 Å². The van der Waals surface area contributed by atoms with Crippen molar-refractivity contribution < 1.29 is 9.53 Å². The topological polar surface area (TPSA) is 39.2 Å². The number of pyridine rings is 1. The molecule has 0 saturated heterocycles. The van der Waals surface area contributed by atoms with Crippen LogP contribution >= 0.6 is 0 Å². The molecule has 1 saturated carbocycles. The minimum Gasteiger partial charge on any atom is -0.481 e. The highest BCUT2D eigenvalue weighted by atomic mass is 16.5. The number of nitrogens with zero attached hydrogens (tertiary/aromatic N) is 1. The van der Waals surface area contributed by atoms with Crippen LogP contribution in [0, 0.1) is 0 Å². The molecular weight excluding hydrogens is 226 g/mol. The van der Waals surface area contributed by atoms with E-state index in [0.717, 1.165) is 29.3 Å². The van der Waals surface area contributed by atoms with Gasteiger partial charge in [-0.2, -0.15) is 0 Å². The van der Waals surface area contributed by atoms with Crippen LogP contribution in [-0.4, -0.2) is 17.9 Å². The van der Waals surface area contributed by atoms with Crippen LogP contribution in [0.15, 0.2) is 30.3 Å². The SMILES string of the molecule is COc1nc2ccccc2cc1C1(C(C)=O)CC1. The number of benzene rings is 1. The lowest BCUT2D eigenvalue weighted by atomic mass is 9.92. The molecule has 3 heteroatoms. The molecule has 2 aromatic rings. The molecule has 0 atom stereocenters. The van der Waals surface area contributed by atoms with E-state index in [1.165, 1.54) is 0 Å². The molecule has 0 radical (unpaired) electrons. The summed E-state index contributed by atoms with van der Waals surface area (Å²) in [6.07, 6.45) is 1.80. The second-order valence-corrected chi connectivity index (χ2v) is 4.88. The van der Waals surface area contributed by atoms with Crippen LogP contribution in [0.2, 0.25) is 0 Å². The summed E-state index contributed by atoms with van der Waals surface area (Å²) in [6.45, 7) is 1.65. The van der Waals surface area contributed by atoms with Crippen molar-refractivity contribution in [3.63, 3.8) is 0 Å². The molecule has 1 fully saturated rings. The van der Waals surface area contributed by atoms with E-state index in [2.05, 4.69) is 11.1 Å². The molecule has 1 aliphatic rings. The molecule has 0 N–H and O–H groups in total. The summed E-state index contributed by atoms with van der Waals surface area (Å²) in [4.78, 5) is 16.4. The number of hydrogen-bond acceptors (Lipinski definition) is 3. The van der Waals surface area contributed by atoms with E-state index in [1.807, 2.05) is 24.3 Å². The van der Waals surface area contributed by atoms with Gasteiger partial charge in [-0.25, -0.2) is 4.98 Å². The second-order valence-electron chi connectivity index (χ2n) is 4.88. The number of para-hydroxylation sites is 1. The lowest BCUT2D eigenvalue weighted by Crippen LogP contribution is -2.18. The molecule has 3 nitrogen and oxygen atoms in total. The van der Waals surface area contributed by atoms with Crippen LogP contribution in [0.25, 0.3) is 10.9 Å². The van der Waals surface area contributed by atoms with Crippen molar-refractivity contribution in [1.82, 2.24) is 4.98 Å². The van der Waals surface area contributed by atoms with Gasteiger partial charge in [0.1, 0.15) is 5.78 Å². The summed E-state index contributed by atoms with van der Waals surface area (Å²) < 4.78 is 5.37. The lowest BCUT2D eigenvalue weighted by molar-refractivity contribution is -0.119. The number of carbonyl (C=O) groups is 1. The quantitative estimate of drug-likeness (QED) is 0.829.